The normalized spacial score (nSPS) is 12.1. The van der Waals surface area contributed by atoms with E-state index in [9.17, 15) is 9.50 Å². The molecule has 4 nitrogen and oxygen atoms in total. The molecule has 1 aromatic heterocycles. The maximum Gasteiger partial charge on any atom is 0.191 e. The molecule has 6 heteroatoms. The molecule has 146 valence electrons. The largest absolute Gasteiger partial charge is 0.388 e. The van der Waals surface area contributed by atoms with Crippen molar-refractivity contribution in [2.75, 3.05) is 5.75 Å². The van der Waals surface area contributed by atoms with Crippen molar-refractivity contribution in [1.29, 1.82) is 0 Å². The molecule has 0 saturated carbocycles. The Morgan fingerprint density at radius 2 is 1.52 bits per heavy atom. The number of halogens is 1. The van der Waals surface area contributed by atoms with Gasteiger partial charge in [-0.25, -0.2) is 4.39 Å². The summed E-state index contributed by atoms with van der Waals surface area (Å²) in [6.45, 7) is 0.588. The van der Waals surface area contributed by atoms with Crippen LogP contribution in [0.25, 0.3) is 11.4 Å². The molecular formula is C23H20FN3OS. The second-order valence-corrected chi connectivity index (χ2v) is 7.61. The van der Waals surface area contributed by atoms with Crippen LogP contribution in [-0.4, -0.2) is 25.6 Å². The Balaban J connectivity index is 1.61. The molecule has 0 bridgehead atoms. The van der Waals surface area contributed by atoms with Gasteiger partial charge in [-0.05, 0) is 35.4 Å². The molecule has 0 fully saturated rings. The van der Waals surface area contributed by atoms with Crippen molar-refractivity contribution in [3.63, 3.8) is 0 Å². The lowest BCUT2D eigenvalue weighted by Gasteiger charge is -2.13. The predicted octanol–water partition coefficient (Wildman–Crippen LogP) is 4.96. The highest BCUT2D eigenvalue weighted by molar-refractivity contribution is 7.99. The molecule has 0 aliphatic rings. The number of aliphatic hydroxyl groups is 1. The summed E-state index contributed by atoms with van der Waals surface area (Å²) in [5.74, 6) is 0.842. The van der Waals surface area contributed by atoms with E-state index < -0.39 is 6.10 Å². The molecular weight excluding hydrogens is 385 g/mol. The van der Waals surface area contributed by atoms with E-state index >= 15 is 0 Å². The SMILES string of the molecule is OC(CSc1nnc(-c2ccc(F)cc2)n1Cc1ccccc1)c1ccccc1. The van der Waals surface area contributed by atoms with Crippen LogP contribution in [0.5, 0.6) is 0 Å². The summed E-state index contributed by atoms with van der Waals surface area (Å²) in [7, 11) is 0. The Morgan fingerprint density at radius 3 is 2.21 bits per heavy atom. The molecule has 1 atom stereocenters. The molecule has 0 aliphatic heterocycles. The first kappa shape index (κ1) is 19.4. The van der Waals surface area contributed by atoms with Crippen molar-refractivity contribution < 1.29 is 9.50 Å². The first-order valence-corrected chi connectivity index (χ1v) is 10.3. The third-order valence-corrected chi connectivity index (χ3v) is 5.60. The fourth-order valence-corrected chi connectivity index (χ4v) is 3.95. The van der Waals surface area contributed by atoms with Crippen LogP contribution in [0.15, 0.2) is 90.1 Å². The highest BCUT2D eigenvalue weighted by Gasteiger charge is 2.17. The van der Waals surface area contributed by atoms with E-state index in [1.807, 2.05) is 65.2 Å². The quantitative estimate of drug-likeness (QED) is 0.442. The molecule has 0 radical (unpaired) electrons. The Hall–Kier alpha value is -2.96. The minimum absolute atomic E-state index is 0.288. The van der Waals surface area contributed by atoms with Crippen LogP contribution in [0.2, 0.25) is 0 Å². The Labute approximate surface area is 173 Å². The van der Waals surface area contributed by atoms with Gasteiger partial charge in [0.15, 0.2) is 11.0 Å². The van der Waals surface area contributed by atoms with Crippen LogP contribution in [0.4, 0.5) is 4.39 Å². The Kier molecular flexibility index (Phi) is 6.03. The van der Waals surface area contributed by atoms with Crippen molar-refractivity contribution in [3.05, 3.63) is 102 Å². The summed E-state index contributed by atoms with van der Waals surface area (Å²) in [6.07, 6.45) is -0.600. The van der Waals surface area contributed by atoms with Gasteiger partial charge in [-0.3, -0.25) is 4.57 Å². The van der Waals surface area contributed by atoms with E-state index in [1.54, 1.807) is 12.1 Å². The van der Waals surface area contributed by atoms with E-state index in [2.05, 4.69) is 10.2 Å². The zero-order valence-electron chi connectivity index (χ0n) is 15.6. The summed E-state index contributed by atoms with van der Waals surface area (Å²) in [4.78, 5) is 0. The van der Waals surface area contributed by atoms with Crippen LogP contribution in [-0.2, 0) is 6.54 Å². The second-order valence-electron chi connectivity index (χ2n) is 6.62. The van der Waals surface area contributed by atoms with Gasteiger partial charge in [0.2, 0.25) is 0 Å². The van der Waals surface area contributed by atoms with Gasteiger partial charge in [-0.15, -0.1) is 10.2 Å². The second kappa shape index (κ2) is 9.03. The lowest BCUT2D eigenvalue weighted by atomic mass is 10.1. The Morgan fingerprint density at radius 1 is 0.862 bits per heavy atom. The van der Waals surface area contributed by atoms with Gasteiger partial charge in [0.25, 0.3) is 0 Å². The van der Waals surface area contributed by atoms with Gasteiger partial charge in [0, 0.05) is 11.3 Å². The van der Waals surface area contributed by atoms with Gasteiger partial charge in [-0.2, -0.15) is 0 Å². The van der Waals surface area contributed by atoms with E-state index in [-0.39, 0.29) is 5.82 Å². The zero-order valence-corrected chi connectivity index (χ0v) is 16.5. The number of hydrogen-bond acceptors (Lipinski definition) is 4. The molecule has 4 aromatic rings. The molecule has 4 rings (SSSR count). The van der Waals surface area contributed by atoms with Crippen LogP contribution in [0.1, 0.15) is 17.2 Å². The lowest BCUT2D eigenvalue weighted by Crippen LogP contribution is -2.06. The highest BCUT2D eigenvalue weighted by Crippen LogP contribution is 2.28. The number of rotatable bonds is 7. The number of nitrogens with zero attached hydrogens (tertiary/aromatic N) is 3. The van der Waals surface area contributed by atoms with E-state index in [0.717, 1.165) is 16.7 Å². The summed E-state index contributed by atoms with van der Waals surface area (Å²) in [5, 5.41) is 19.9. The minimum Gasteiger partial charge on any atom is -0.388 e. The molecule has 1 N–H and O–H groups in total. The monoisotopic (exact) mass is 405 g/mol. The van der Waals surface area contributed by atoms with Crippen molar-refractivity contribution in [3.8, 4) is 11.4 Å². The van der Waals surface area contributed by atoms with E-state index in [0.29, 0.717) is 23.3 Å². The van der Waals surface area contributed by atoms with Gasteiger partial charge in [0.1, 0.15) is 5.82 Å². The van der Waals surface area contributed by atoms with Crippen molar-refractivity contribution in [2.24, 2.45) is 0 Å². The molecule has 0 amide bonds. The molecule has 0 saturated heterocycles. The van der Waals surface area contributed by atoms with Crippen LogP contribution < -0.4 is 0 Å². The number of benzene rings is 3. The van der Waals surface area contributed by atoms with Crippen LogP contribution in [0.3, 0.4) is 0 Å². The first-order chi connectivity index (χ1) is 14.2. The van der Waals surface area contributed by atoms with Crippen LogP contribution in [0, 0.1) is 5.82 Å². The molecule has 29 heavy (non-hydrogen) atoms. The number of aliphatic hydroxyl groups excluding tert-OH is 1. The summed E-state index contributed by atoms with van der Waals surface area (Å²) in [6, 6.07) is 25.8. The fraction of sp³-hybridized carbons (Fsp3) is 0.130. The topological polar surface area (TPSA) is 50.9 Å². The maximum atomic E-state index is 13.4. The summed E-state index contributed by atoms with van der Waals surface area (Å²) >= 11 is 1.45. The van der Waals surface area contributed by atoms with Gasteiger partial charge >= 0.3 is 0 Å². The average molecular weight is 405 g/mol. The summed E-state index contributed by atoms with van der Waals surface area (Å²) in [5.41, 5.74) is 2.78. The number of aromatic nitrogens is 3. The minimum atomic E-state index is -0.600. The van der Waals surface area contributed by atoms with Gasteiger partial charge in [0.05, 0.1) is 12.6 Å². The number of hydrogen-bond donors (Lipinski definition) is 1. The molecule has 1 unspecified atom stereocenters. The van der Waals surface area contributed by atoms with Crippen molar-refractivity contribution >= 4 is 11.8 Å². The predicted molar refractivity (Wildman–Crippen MR) is 113 cm³/mol. The lowest BCUT2D eigenvalue weighted by molar-refractivity contribution is 0.204. The molecule has 0 aliphatic carbocycles. The zero-order chi connectivity index (χ0) is 20.1. The standard InChI is InChI=1S/C23H20FN3OS/c24-20-13-11-19(12-14-20)22-25-26-23(27(22)15-17-7-3-1-4-8-17)29-16-21(28)18-9-5-2-6-10-18/h1-14,21,28H,15-16H2. The fourth-order valence-electron chi connectivity index (χ4n) is 3.04. The average Bonchev–Trinajstić information content (AvgIpc) is 3.16. The van der Waals surface area contributed by atoms with E-state index in [1.165, 1.54) is 23.9 Å². The maximum absolute atomic E-state index is 13.4. The van der Waals surface area contributed by atoms with Crippen LogP contribution >= 0.6 is 11.8 Å². The summed E-state index contributed by atoms with van der Waals surface area (Å²) < 4.78 is 15.4. The number of thioether (sulfide) groups is 1. The third-order valence-electron chi connectivity index (χ3n) is 4.56. The van der Waals surface area contributed by atoms with Gasteiger partial charge < -0.3 is 5.11 Å². The molecule has 0 spiro atoms. The smallest absolute Gasteiger partial charge is 0.191 e. The first-order valence-electron chi connectivity index (χ1n) is 9.29. The van der Waals surface area contributed by atoms with Gasteiger partial charge in [-0.1, -0.05) is 72.4 Å². The Bertz CT molecular complexity index is 1050. The van der Waals surface area contributed by atoms with E-state index in [4.69, 9.17) is 0 Å². The molecule has 3 aromatic carbocycles. The highest BCUT2D eigenvalue weighted by atomic mass is 32.2. The third kappa shape index (κ3) is 4.72. The van der Waals surface area contributed by atoms with Crippen molar-refractivity contribution in [2.45, 2.75) is 17.8 Å². The molecule has 1 heterocycles. The van der Waals surface area contributed by atoms with Crippen molar-refractivity contribution in [1.82, 2.24) is 14.8 Å².